The summed E-state index contributed by atoms with van der Waals surface area (Å²) in [6.45, 7) is 4.23. The van der Waals surface area contributed by atoms with E-state index in [1.54, 1.807) is 48.5 Å². The smallest absolute Gasteiger partial charge is 0.251 e. The quantitative estimate of drug-likeness (QED) is 0.344. The van der Waals surface area contributed by atoms with E-state index < -0.39 is 17.9 Å². The monoisotopic (exact) mass is 660 g/mol. The maximum atomic E-state index is 13.5. The van der Waals surface area contributed by atoms with E-state index in [4.69, 9.17) is 18.9 Å². The molecule has 3 aromatic rings. The molecule has 4 rings (SSSR count). The zero-order valence-corrected chi connectivity index (χ0v) is 27.9. The van der Waals surface area contributed by atoms with E-state index in [0.29, 0.717) is 59.3 Å². The molecule has 256 valence electrons. The first-order valence-corrected chi connectivity index (χ1v) is 16.0. The van der Waals surface area contributed by atoms with Gasteiger partial charge in [-0.1, -0.05) is 38.1 Å². The van der Waals surface area contributed by atoms with Crippen molar-refractivity contribution in [3.63, 3.8) is 0 Å². The lowest BCUT2D eigenvalue weighted by molar-refractivity contribution is -0.137. The van der Waals surface area contributed by atoms with Crippen LogP contribution in [0.3, 0.4) is 0 Å². The van der Waals surface area contributed by atoms with Gasteiger partial charge in [-0.05, 0) is 61.2 Å². The summed E-state index contributed by atoms with van der Waals surface area (Å²) in [7, 11) is 3.02. The van der Waals surface area contributed by atoms with Gasteiger partial charge in [0.2, 0.25) is 17.7 Å². The van der Waals surface area contributed by atoms with Crippen LogP contribution < -0.4 is 34.9 Å². The molecule has 2 bridgehead atoms. The summed E-state index contributed by atoms with van der Waals surface area (Å²) in [5.74, 6) is 0.531. The van der Waals surface area contributed by atoms with Crippen molar-refractivity contribution >= 4 is 23.6 Å². The number of rotatable bonds is 7. The average molecular weight is 661 g/mol. The molecular weight excluding hydrogens is 616 g/mol. The molecule has 0 aromatic heterocycles. The van der Waals surface area contributed by atoms with Crippen LogP contribution in [0.1, 0.15) is 49.0 Å². The molecular formula is C36H44N4O8. The van der Waals surface area contributed by atoms with Crippen LogP contribution in [0.2, 0.25) is 0 Å². The van der Waals surface area contributed by atoms with Crippen molar-refractivity contribution in [2.24, 2.45) is 5.92 Å². The molecule has 1 aliphatic heterocycles. The lowest BCUT2D eigenvalue weighted by Gasteiger charge is -2.26. The number of ether oxygens (including phenoxy) is 4. The molecule has 0 radical (unpaired) electrons. The van der Waals surface area contributed by atoms with Gasteiger partial charge in [-0.15, -0.1) is 0 Å². The van der Waals surface area contributed by atoms with Crippen molar-refractivity contribution < 1.29 is 38.1 Å². The first-order valence-electron chi connectivity index (χ1n) is 16.0. The summed E-state index contributed by atoms with van der Waals surface area (Å²) in [6.07, 6.45) is 1.15. The third-order valence-electron chi connectivity index (χ3n) is 7.82. The molecule has 12 heteroatoms. The number of nitrogens with one attached hydrogen (secondary N) is 3. The highest BCUT2D eigenvalue weighted by atomic mass is 16.5. The minimum atomic E-state index is -0.868. The second kappa shape index (κ2) is 17.6. The predicted molar refractivity (Wildman–Crippen MR) is 179 cm³/mol. The Balaban J connectivity index is 1.58. The number of carbonyl (C=O) groups excluding carboxylic acids is 4. The molecule has 3 aromatic carbocycles. The number of methoxy groups -OCH3 is 2. The zero-order valence-electron chi connectivity index (χ0n) is 27.9. The van der Waals surface area contributed by atoms with E-state index in [1.165, 1.54) is 19.1 Å². The van der Waals surface area contributed by atoms with Gasteiger partial charge in [-0.2, -0.15) is 0 Å². The van der Waals surface area contributed by atoms with Crippen molar-refractivity contribution in [1.82, 2.24) is 20.9 Å². The largest absolute Gasteiger partial charge is 0.496 e. The Bertz CT molecular complexity index is 1560. The third kappa shape index (κ3) is 9.87. The van der Waals surface area contributed by atoms with Gasteiger partial charge in [0.1, 0.15) is 23.3 Å². The Kier molecular flexibility index (Phi) is 13.1. The summed E-state index contributed by atoms with van der Waals surface area (Å²) >= 11 is 0. The van der Waals surface area contributed by atoms with Crippen LogP contribution >= 0.6 is 0 Å². The topological polar surface area (TPSA) is 145 Å². The molecule has 0 aliphatic carbocycles. The van der Waals surface area contributed by atoms with Crippen LogP contribution in [0.25, 0.3) is 0 Å². The van der Waals surface area contributed by atoms with Crippen LogP contribution in [0.5, 0.6) is 28.7 Å². The summed E-state index contributed by atoms with van der Waals surface area (Å²) in [4.78, 5) is 54.6. The van der Waals surface area contributed by atoms with E-state index in [0.717, 1.165) is 0 Å². The fourth-order valence-corrected chi connectivity index (χ4v) is 5.19. The highest BCUT2D eigenvalue weighted by Gasteiger charge is 2.27. The number of amides is 4. The SMILES string of the molecule is COc1ccc2cc1Oc1cccc(OC)c1CNC(=O)[C@@H](C(C)C)NC(=O)CN(C(=O)CCOc1ccccc1)CCCCNC2=O. The number of para-hydroxylation sites is 1. The van der Waals surface area contributed by atoms with Crippen LogP contribution in [-0.2, 0) is 20.9 Å². The first kappa shape index (κ1) is 35.6. The molecule has 4 amide bonds. The summed E-state index contributed by atoms with van der Waals surface area (Å²) in [5.41, 5.74) is 0.910. The molecule has 0 saturated heterocycles. The van der Waals surface area contributed by atoms with Crippen LogP contribution in [-0.4, -0.2) is 75.0 Å². The molecule has 0 unspecified atom stereocenters. The van der Waals surface area contributed by atoms with Gasteiger partial charge in [0.05, 0.1) is 45.9 Å². The zero-order chi connectivity index (χ0) is 34.5. The molecule has 48 heavy (non-hydrogen) atoms. The minimum Gasteiger partial charge on any atom is -0.496 e. The summed E-state index contributed by atoms with van der Waals surface area (Å²) in [5, 5.41) is 8.63. The summed E-state index contributed by atoms with van der Waals surface area (Å²) in [6, 6.07) is 18.4. The van der Waals surface area contributed by atoms with Gasteiger partial charge in [0.15, 0.2) is 11.5 Å². The fourth-order valence-electron chi connectivity index (χ4n) is 5.19. The van der Waals surface area contributed by atoms with E-state index in [2.05, 4.69) is 16.0 Å². The lowest BCUT2D eigenvalue weighted by Crippen LogP contribution is -2.52. The van der Waals surface area contributed by atoms with Gasteiger partial charge < -0.3 is 39.8 Å². The van der Waals surface area contributed by atoms with Crippen LogP contribution in [0.15, 0.2) is 66.7 Å². The molecule has 0 spiro atoms. The highest BCUT2D eigenvalue weighted by Crippen LogP contribution is 2.37. The van der Waals surface area contributed by atoms with Crippen molar-refractivity contribution in [2.45, 2.75) is 45.7 Å². The average Bonchev–Trinajstić information content (AvgIpc) is 3.08. The van der Waals surface area contributed by atoms with Gasteiger partial charge in [-0.25, -0.2) is 0 Å². The molecule has 12 nitrogen and oxygen atoms in total. The van der Waals surface area contributed by atoms with Crippen molar-refractivity contribution in [3.8, 4) is 28.7 Å². The highest BCUT2D eigenvalue weighted by molar-refractivity contribution is 5.95. The molecule has 1 atom stereocenters. The van der Waals surface area contributed by atoms with E-state index >= 15 is 0 Å². The van der Waals surface area contributed by atoms with Crippen molar-refractivity contribution in [2.75, 3.05) is 40.5 Å². The van der Waals surface area contributed by atoms with E-state index in [1.807, 2.05) is 32.0 Å². The lowest BCUT2D eigenvalue weighted by atomic mass is 10.0. The predicted octanol–water partition coefficient (Wildman–Crippen LogP) is 4.07. The van der Waals surface area contributed by atoms with E-state index in [9.17, 15) is 19.2 Å². The molecule has 1 heterocycles. The Labute approximate surface area is 281 Å². The molecule has 0 fully saturated rings. The van der Waals surface area contributed by atoms with Gasteiger partial charge >= 0.3 is 0 Å². The Morgan fingerprint density at radius 3 is 2.42 bits per heavy atom. The molecule has 3 N–H and O–H groups in total. The number of benzene rings is 3. The Morgan fingerprint density at radius 2 is 1.69 bits per heavy atom. The second-order valence-electron chi connectivity index (χ2n) is 11.6. The van der Waals surface area contributed by atoms with Gasteiger partial charge in [0, 0.05) is 18.7 Å². The number of carbonyl (C=O) groups is 4. The second-order valence-corrected chi connectivity index (χ2v) is 11.6. The van der Waals surface area contributed by atoms with E-state index in [-0.39, 0.29) is 50.4 Å². The Hall–Kier alpha value is -5.26. The normalized spacial score (nSPS) is 16.4. The number of fused-ring (bicyclic) bond motifs is 3. The number of nitrogens with zero attached hydrogens (tertiary/aromatic N) is 1. The summed E-state index contributed by atoms with van der Waals surface area (Å²) < 4.78 is 23.0. The maximum Gasteiger partial charge on any atom is 0.251 e. The van der Waals surface area contributed by atoms with Gasteiger partial charge in [0.25, 0.3) is 5.91 Å². The molecule has 0 saturated carbocycles. The van der Waals surface area contributed by atoms with Crippen molar-refractivity contribution in [1.29, 1.82) is 0 Å². The minimum absolute atomic E-state index is 0.0196. The standard InChI is InChI=1S/C36H44N4O8/c1-24(2)34-36(44)38-22-27-28(45-3)13-10-14-29(27)48-31-21-25(15-16-30(31)46-4)35(43)37-18-8-9-19-40(23-32(41)39-34)33(42)17-20-47-26-11-6-5-7-12-26/h5-7,10-16,21,24,34H,8-9,17-20,22-23H2,1-4H3,(H,37,43)(H,38,44)(H,39,41)/t34-/m1/s1. The van der Waals surface area contributed by atoms with Gasteiger partial charge in [-0.3, -0.25) is 19.2 Å². The maximum absolute atomic E-state index is 13.5. The molecule has 1 aliphatic rings. The van der Waals surface area contributed by atoms with Crippen LogP contribution in [0, 0.1) is 5.92 Å². The van der Waals surface area contributed by atoms with Crippen LogP contribution in [0.4, 0.5) is 0 Å². The third-order valence-corrected chi connectivity index (χ3v) is 7.82. The number of hydrogen-bond acceptors (Lipinski definition) is 8. The Morgan fingerprint density at radius 1 is 0.917 bits per heavy atom. The first-order chi connectivity index (χ1) is 23.2. The fraction of sp³-hybridized carbons (Fsp3) is 0.389. The number of hydrogen-bond donors (Lipinski definition) is 3. The van der Waals surface area contributed by atoms with Crippen molar-refractivity contribution in [3.05, 3.63) is 77.9 Å².